The van der Waals surface area contributed by atoms with Crippen LogP contribution in [-0.2, 0) is 0 Å². The quantitative estimate of drug-likeness (QED) is 0.779. The van der Waals surface area contributed by atoms with Gasteiger partial charge in [0.1, 0.15) is 0 Å². The van der Waals surface area contributed by atoms with Crippen molar-refractivity contribution < 1.29 is 0 Å². The van der Waals surface area contributed by atoms with Gasteiger partial charge < -0.3 is 5.73 Å². The molecule has 14 heavy (non-hydrogen) atoms. The van der Waals surface area contributed by atoms with E-state index in [1.54, 1.807) is 6.20 Å². The zero-order chi connectivity index (χ0) is 9.10. The van der Waals surface area contributed by atoms with Crippen LogP contribution < -0.4 is 5.73 Å². The van der Waals surface area contributed by atoms with Crippen molar-refractivity contribution in [1.82, 2.24) is 4.98 Å². The molecule has 0 radical (unpaired) electrons. The zero-order valence-electron chi connectivity index (χ0n) is 7.55. The second-order valence-corrected chi connectivity index (χ2v) is 2.81. The fourth-order valence-corrected chi connectivity index (χ4v) is 1.25. The van der Waals surface area contributed by atoms with Crippen LogP contribution in [0.25, 0.3) is 11.3 Å². The molecule has 2 N–H and O–H groups in total. The predicted molar refractivity (Wildman–Crippen MR) is 61.3 cm³/mol. The van der Waals surface area contributed by atoms with Crippen molar-refractivity contribution in [3.63, 3.8) is 0 Å². The molecule has 0 aliphatic carbocycles. The Morgan fingerprint density at radius 1 is 0.929 bits per heavy atom. The summed E-state index contributed by atoms with van der Waals surface area (Å²) in [6.45, 7) is 0. The third kappa shape index (κ3) is 2.03. The van der Waals surface area contributed by atoms with Crippen LogP contribution in [0.2, 0.25) is 0 Å². The molecule has 2 aromatic rings. The topological polar surface area (TPSA) is 38.9 Å². The summed E-state index contributed by atoms with van der Waals surface area (Å²) in [5.74, 6) is 0. The third-order valence-electron chi connectivity index (χ3n) is 1.89. The van der Waals surface area contributed by atoms with Crippen LogP contribution in [0.3, 0.4) is 0 Å². The highest BCUT2D eigenvalue weighted by atomic mass is 35.5. The van der Waals surface area contributed by atoms with Crippen molar-refractivity contribution in [2.24, 2.45) is 0 Å². The summed E-state index contributed by atoms with van der Waals surface area (Å²) in [6.07, 6.45) is 1.75. The Kier molecular flexibility index (Phi) is 3.48. The Balaban J connectivity index is 0.000000980. The molecule has 0 unspecified atom stereocenters. The van der Waals surface area contributed by atoms with Crippen LogP contribution in [0.5, 0.6) is 0 Å². The van der Waals surface area contributed by atoms with Crippen LogP contribution >= 0.6 is 12.4 Å². The minimum Gasteiger partial charge on any atom is -0.397 e. The number of aromatic nitrogens is 1. The zero-order valence-corrected chi connectivity index (χ0v) is 8.37. The number of hydrogen-bond donors (Lipinski definition) is 1. The first-order chi connectivity index (χ1) is 6.38. The lowest BCUT2D eigenvalue weighted by atomic mass is 10.1. The second-order valence-electron chi connectivity index (χ2n) is 2.81. The summed E-state index contributed by atoms with van der Waals surface area (Å²) < 4.78 is 0. The van der Waals surface area contributed by atoms with Crippen LogP contribution in [0, 0.1) is 0 Å². The molecule has 3 heteroatoms. The number of pyridine rings is 1. The molecule has 2 rings (SSSR count). The summed E-state index contributed by atoms with van der Waals surface area (Å²) in [5, 5.41) is 0. The maximum atomic E-state index is 5.79. The van der Waals surface area contributed by atoms with Gasteiger partial charge in [0.2, 0.25) is 0 Å². The summed E-state index contributed by atoms with van der Waals surface area (Å²) >= 11 is 0. The number of nitrogens with two attached hydrogens (primary N) is 1. The van der Waals surface area contributed by atoms with E-state index in [1.165, 1.54) is 0 Å². The van der Waals surface area contributed by atoms with Gasteiger partial charge in [-0.15, -0.1) is 12.4 Å². The maximum Gasteiger partial charge on any atom is 0.0931 e. The summed E-state index contributed by atoms with van der Waals surface area (Å²) in [5.41, 5.74) is 8.41. The van der Waals surface area contributed by atoms with E-state index in [0.717, 1.165) is 11.3 Å². The van der Waals surface area contributed by atoms with Crippen LogP contribution in [0.1, 0.15) is 0 Å². The van der Waals surface area contributed by atoms with Crippen molar-refractivity contribution >= 4 is 18.1 Å². The summed E-state index contributed by atoms with van der Waals surface area (Å²) in [4.78, 5) is 4.22. The number of anilines is 1. The van der Waals surface area contributed by atoms with E-state index in [0.29, 0.717) is 5.69 Å². The Morgan fingerprint density at radius 2 is 1.64 bits per heavy atom. The monoisotopic (exact) mass is 206 g/mol. The molecule has 0 amide bonds. The number of halogens is 1. The largest absolute Gasteiger partial charge is 0.397 e. The molecule has 1 aromatic carbocycles. The molecule has 1 heterocycles. The molecule has 0 fully saturated rings. The van der Waals surface area contributed by atoms with Gasteiger partial charge in [-0.1, -0.05) is 30.3 Å². The van der Waals surface area contributed by atoms with Crippen molar-refractivity contribution in [2.75, 3.05) is 5.73 Å². The van der Waals surface area contributed by atoms with E-state index in [1.807, 2.05) is 42.5 Å². The highest BCUT2D eigenvalue weighted by Crippen LogP contribution is 2.21. The molecular formula is C11H11ClN2. The smallest absolute Gasteiger partial charge is 0.0931 e. The molecule has 0 saturated carbocycles. The molecule has 1 aromatic heterocycles. The van der Waals surface area contributed by atoms with E-state index in [4.69, 9.17) is 5.73 Å². The lowest BCUT2D eigenvalue weighted by Gasteiger charge is -2.02. The number of nitrogens with zero attached hydrogens (tertiary/aromatic N) is 1. The Morgan fingerprint density at radius 3 is 2.29 bits per heavy atom. The van der Waals surface area contributed by atoms with Crippen molar-refractivity contribution in [2.45, 2.75) is 0 Å². The molecular weight excluding hydrogens is 196 g/mol. The van der Waals surface area contributed by atoms with Gasteiger partial charge in [-0.3, -0.25) is 4.98 Å². The lowest BCUT2D eigenvalue weighted by Crippen LogP contribution is -1.91. The standard InChI is InChI=1S/C11H10N2.ClH/c12-10-7-4-8-13-11(10)9-5-2-1-3-6-9;/h1-8H,12H2;1H. The van der Waals surface area contributed by atoms with Crippen LogP contribution in [0.15, 0.2) is 48.7 Å². The van der Waals surface area contributed by atoms with Crippen LogP contribution in [0.4, 0.5) is 5.69 Å². The van der Waals surface area contributed by atoms with E-state index in [2.05, 4.69) is 4.98 Å². The Bertz CT molecular complexity index is 401. The Hall–Kier alpha value is -1.54. The van der Waals surface area contributed by atoms with Crippen LogP contribution in [-0.4, -0.2) is 4.98 Å². The van der Waals surface area contributed by atoms with Crippen molar-refractivity contribution in [3.8, 4) is 11.3 Å². The molecule has 0 aliphatic rings. The molecule has 2 nitrogen and oxygen atoms in total. The van der Waals surface area contributed by atoms with E-state index in [9.17, 15) is 0 Å². The fraction of sp³-hybridized carbons (Fsp3) is 0. The van der Waals surface area contributed by atoms with E-state index >= 15 is 0 Å². The summed E-state index contributed by atoms with van der Waals surface area (Å²) in [7, 11) is 0. The molecule has 0 aliphatic heterocycles. The van der Waals surface area contributed by atoms with Gasteiger partial charge in [0.25, 0.3) is 0 Å². The highest BCUT2D eigenvalue weighted by Gasteiger charge is 2.00. The predicted octanol–water partition coefficient (Wildman–Crippen LogP) is 2.75. The van der Waals surface area contributed by atoms with E-state index < -0.39 is 0 Å². The average Bonchev–Trinajstić information content (AvgIpc) is 2.20. The van der Waals surface area contributed by atoms with Crippen molar-refractivity contribution in [1.29, 1.82) is 0 Å². The van der Waals surface area contributed by atoms with Crippen molar-refractivity contribution in [3.05, 3.63) is 48.7 Å². The van der Waals surface area contributed by atoms with Gasteiger partial charge in [0.05, 0.1) is 11.4 Å². The van der Waals surface area contributed by atoms with Gasteiger partial charge in [-0.25, -0.2) is 0 Å². The highest BCUT2D eigenvalue weighted by molar-refractivity contribution is 5.85. The van der Waals surface area contributed by atoms with Gasteiger partial charge in [0.15, 0.2) is 0 Å². The van der Waals surface area contributed by atoms with Gasteiger partial charge in [0, 0.05) is 11.8 Å². The molecule has 72 valence electrons. The minimum absolute atomic E-state index is 0. The lowest BCUT2D eigenvalue weighted by molar-refractivity contribution is 1.33. The third-order valence-corrected chi connectivity index (χ3v) is 1.89. The molecule has 0 atom stereocenters. The molecule has 0 spiro atoms. The average molecular weight is 207 g/mol. The number of hydrogen-bond acceptors (Lipinski definition) is 2. The van der Waals surface area contributed by atoms with E-state index in [-0.39, 0.29) is 12.4 Å². The first kappa shape index (κ1) is 10.5. The van der Waals surface area contributed by atoms with Gasteiger partial charge in [-0.2, -0.15) is 0 Å². The number of rotatable bonds is 1. The SMILES string of the molecule is Cl.Nc1cccnc1-c1ccccc1. The first-order valence-electron chi connectivity index (χ1n) is 4.14. The van der Waals surface area contributed by atoms with Gasteiger partial charge in [-0.05, 0) is 12.1 Å². The second kappa shape index (κ2) is 4.63. The fourth-order valence-electron chi connectivity index (χ4n) is 1.25. The normalized spacial score (nSPS) is 9.14. The molecule has 0 bridgehead atoms. The first-order valence-corrected chi connectivity index (χ1v) is 4.14. The van der Waals surface area contributed by atoms with Gasteiger partial charge >= 0.3 is 0 Å². The Labute approximate surface area is 89.2 Å². The number of benzene rings is 1. The number of nitrogen functional groups attached to an aromatic ring is 1. The summed E-state index contributed by atoms with van der Waals surface area (Å²) in [6, 6.07) is 13.6. The minimum atomic E-state index is 0. The molecule has 0 saturated heterocycles. The maximum absolute atomic E-state index is 5.79.